The van der Waals surface area contributed by atoms with Crippen LogP contribution in [0.2, 0.25) is 0 Å². The van der Waals surface area contributed by atoms with Gasteiger partial charge in [0.1, 0.15) is 0 Å². The molecule has 0 saturated carbocycles. The van der Waals surface area contributed by atoms with Crippen LogP contribution in [0.15, 0.2) is 36.4 Å². The number of nitrogens with zero attached hydrogens (tertiary/aromatic N) is 4. The Hall–Kier alpha value is -2.76. The van der Waals surface area contributed by atoms with Crippen molar-refractivity contribution in [1.29, 1.82) is 0 Å². The second kappa shape index (κ2) is 13.5. The molecule has 0 bridgehead atoms. The van der Waals surface area contributed by atoms with Gasteiger partial charge in [-0.25, -0.2) is 4.85 Å². The molecule has 2 aromatic carbocycles. The molecule has 4 aliphatic rings. The highest BCUT2D eigenvalue weighted by Crippen LogP contribution is 2.40. The molecule has 1 amide bonds. The molecule has 2 aliphatic heterocycles. The minimum atomic E-state index is 0.0612. The Balaban J connectivity index is 0.000000166. The zero-order valence-corrected chi connectivity index (χ0v) is 25.3. The molecule has 2 fully saturated rings. The molecule has 7 heteroatoms. The molecule has 0 spiro atoms. The van der Waals surface area contributed by atoms with E-state index in [9.17, 15) is 4.79 Å². The van der Waals surface area contributed by atoms with E-state index in [4.69, 9.17) is 16.0 Å². The number of rotatable bonds is 5. The van der Waals surface area contributed by atoms with Gasteiger partial charge in [-0.15, -0.1) is 0 Å². The summed E-state index contributed by atoms with van der Waals surface area (Å²) in [5.41, 5.74) is 6.69. The minimum absolute atomic E-state index is 0.0612. The van der Waals surface area contributed by atoms with Crippen molar-refractivity contribution in [1.82, 2.24) is 14.7 Å². The van der Waals surface area contributed by atoms with E-state index in [0.29, 0.717) is 12.1 Å². The monoisotopic (exact) mass is 558 g/mol. The van der Waals surface area contributed by atoms with Crippen LogP contribution in [0, 0.1) is 6.57 Å². The van der Waals surface area contributed by atoms with E-state index in [1.807, 2.05) is 18.2 Å². The number of ether oxygens (including phenoxy) is 2. The fourth-order valence-electron chi connectivity index (χ4n) is 7.15. The number of hydrogen-bond acceptors (Lipinski definition) is 5. The van der Waals surface area contributed by atoms with Gasteiger partial charge in [-0.3, -0.25) is 14.6 Å². The van der Waals surface area contributed by atoms with Crippen LogP contribution in [0.3, 0.4) is 0 Å². The first-order chi connectivity index (χ1) is 19.9. The van der Waals surface area contributed by atoms with E-state index in [1.165, 1.54) is 41.5 Å². The summed E-state index contributed by atoms with van der Waals surface area (Å²) in [5.74, 6) is 0.0612. The van der Waals surface area contributed by atoms with E-state index in [2.05, 4.69) is 46.7 Å². The average Bonchev–Trinajstić information content (AvgIpc) is 3.00. The Morgan fingerprint density at radius 3 is 1.93 bits per heavy atom. The van der Waals surface area contributed by atoms with Crippen molar-refractivity contribution in [2.45, 2.75) is 76.7 Å². The summed E-state index contributed by atoms with van der Waals surface area (Å²) >= 11 is 0. The molecule has 220 valence electrons. The van der Waals surface area contributed by atoms with Crippen molar-refractivity contribution >= 4 is 11.6 Å². The highest BCUT2D eigenvalue weighted by atomic mass is 16.5. The van der Waals surface area contributed by atoms with Crippen LogP contribution in [0.4, 0.5) is 5.69 Å². The molecular weight excluding hydrogens is 512 g/mol. The van der Waals surface area contributed by atoms with Crippen LogP contribution in [0.5, 0.6) is 0 Å². The van der Waals surface area contributed by atoms with Gasteiger partial charge in [-0.1, -0.05) is 38.1 Å². The molecule has 2 aromatic rings. The summed E-state index contributed by atoms with van der Waals surface area (Å²) in [6.07, 6.45) is 7.18. The van der Waals surface area contributed by atoms with Crippen LogP contribution < -0.4 is 0 Å². The van der Waals surface area contributed by atoms with Gasteiger partial charge in [0.25, 0.3) is 5.91 Å². The summed E-state index contributed by atoms with van der Waals surface area (Å²) < 4.78 is 12.2. The van der Waals surface area contributed by atoms with Gasteiger partial charge in [-0.2, -0.15) is 0 Å². The Morgan fingerprint density at radius 2 is 1.41 bits per heavy atom. The van der Waals surface area contributed by atoms with Crippen LogP contribution in [-0.4, -0.2) is 86.2 Å². The predicted octanol–water partition coefficient (Wildman–Crippen LogP) is 5.82. The topological polar surface area (TPSA) is 49.6 Å². The van der Waals surface area contributed by atoms with E-state index < -0.39 is 0 Å². The molecule has 4 atom stereocenters. The van der Waals surface area contributed by atoms with Crippen molar-refractivity contribution in [2.24, 2.45) is 0 Å². The molecule has 2 heterocycles. The van der Waals surface area contributed by atoms with Crippen molar-refractivity contribution in [3.8, 4) is 0 Å². The SMILES string of the molecule is CCCN1CCOC2c3cc(C(=O)N(C)C)ccc3CCC21.[C-]#[N+]c1ccc2c(c1)C1OCCN(CCC)C1CC2. The standard InChI is InChI=1S/C18H26N2O2.C16H20N2O/c1-4-9-20-10-11-22-17-15-12-14(18(21)19(2)3)6-5-13(15)7-8-16(17)20;1-3-8-18-9-10-19-16-14-11-13(17-2)6-4-12(14)5-7-15(16)18/h5-6,12,16-17H,4,7-11H2,1-3H3;4,6,11,15-16H,3,5,7-10H2,1H3. The van der Waals surface area contributed by atoms with Crippen molar-refractivity contribution < 1.29 is 14.3 Å². The normalized spacial score (nSPS) is 25.3. The molecule has 0 N–H and O–H groups in total. The van der Waals surface area contributed by atoms with Crippen molar-refractivity contribution in [3.63, 3.8) is 0 Å². The predicted molar refractivity (Wildman–Crippen MR) is 162 cm³/mol. The number of aryl methyl sites for hydroxylation is 2. The smallest absolute Gasteiger partial charge is 0.253 e. The Bertz CT molecular complexity index is 1250. The number of morpholine rings is 2. The molecule has 7 nitrogen and oxygen atoms in total. The van der Waals surface area contributed by atoms with Gasteiger partial charge >= 0.3 is 0 Å². The van der Waals surface area contributed by atoms with Gasteiger partial charge in [0.05, 0.1) is 32.0 Å². The molecule has 2 saturated heterocycles. The largest absolute Gasteiger partial charge is 0.371 e. The summed E-state index contributed by atoms with van der Waals surface area (Å²) in [5, 5.41) is 0. The second-order valence-corrected chi connectivity index (χ2v) is 12.0. The third-order valence-corrected chi connectivity index (χ3v) is 9.10. The van der Waals surface area contributed by atoms with Gasteiger partial charge in [0.2, 0.25) is 0 Å². The quantitative estimate of drug-likeness (QED) is 0.433. The molecule has 0 aromatic heterocycles. The Morgan fingerprint density at radius 1 is 0.878 bits per heavy atom. The summed E-state index contributed by atoms with van der Waals surface area (Å²) in [4.78, 5) is 22.6. The van der Waals surface area contributed by atoms with Gasteiger partial charge in [0, 0.05) is 44.8 Å². The average molecular weight is 559 g/mol. The first-order valence-electron chi connectivity index (χ1n) is 15.5. The lowest BCUT2D eigenvalue weighted by atomic mass is 9.83. The van der Waals surface area contributed by atoms with E-state index in [0.717, 1.165) is 69.9 Å². The van der Waals surface area contributed by atoms with Crippen LogP contribution in [-0.2, 0) is 22.3 Å². The summed E-state index contributed by atoms with van der Waals surface area (Å²) in [6.45, 7) is 17.6. The van der Waals surface area contributed by atoms with E-state index in [1.54, 1.807) is 19.0 Å². The zero-order valence-electron chi connectivity index (χ0n) is 25.3. The fourth-order valence-corrected chi connectivity index (χ4v) is 7.15. The summed E-state index contributed by atoms with van der Waals surface area (Å²) in [7, 11) is 3.59. The maximum Gasteiger partial charge on any atom is 0.253 e. The fraction of sp³-hybridized carbons (Fsp3) is 0.588. The lowest BCUT2D eigenvalue weighted by Gasteiger charge is -2.44. The third-order valence-electron chi connectivity index (χ3n) is 9.10. The third kappa shape index (κ3) is 6.36. The van der Waals surface area contributed by atoms with Gasteiger partial charge < -0.3 is 14.4 Å². The summed E-state index contributed by atoms with van der Waals surface area (Å²) in [6, 6.07) is 13.2. The molecular formula is C34H46N4O3. The number of fused-ring (bicyclic) bond motifs is 6. The number of carbonyl (C=O) groups excluding carboxylic acids is 1. The first kappa shape index (κ1) is 29.7. The molecule has 41 heavy (non-hydrogen) atoms. The molecule has 0 radical (unpaired) electrons. The first-order valence-corrected chi connectivity index (χ1v) is 15.5. The van der Waals surface area contributed by atoms with Gasteiger partial charge in [0.15, 0.2) is 5.69 Å². The number of hydrogen-bond donors (Lipinski definition) is 0. The lowest BCUT2D eigenvalue weighted by Crippen LogP contribution is -2.49. The van der Waals surface area contributed by atoms with Crippen molar-refractivity contribution in [2.75, 3.05) is 53.5 Å². The highest BCUT2D eigenvalue weighted by Gasteiger charge is 2.38. The second-order valence-electron chi connectivity index (χ2n) is 12.0. The lowest BCUT2D eigenvalue weighted by molar-refractivity contribution is -0.0801. The maximum absolute atomic E-state index is 12.2. The van der Waals surface area contributed by atoms with Crippen molar-refractivity contribution in [3.05, 3.63) is 75.6 Å². The highest BCUT2D eigenvalue weighted by molar-refractivity contribution is 5.94. The molecule has 6 rings (SSSR count). The zero-order chi connectivity index (χ0) is 28.9. The van der Waals surface area contributed by atoms with Crippen LogP contribution >= 0.6 is 0 Å². The van der Waals surface area contributed by atoms with Crippen LogP contribution in [0.25, 0.3) is 4.85 Å². The molecule has 2 aliphatic carbocycles. The van der Waals surface area contributed by atoms with Crippen LogP contribution in [0.1, 0.15) is 84.4 Å². The maximum atomic E-state index is 12.2. The Kier molecular flexibility index (Phi) is 9.77. The van der Waals surface area contributed by atoms with E-state index >= 15 is 0 Å². The minimum Gasteiger partial charge on any atom is -0.371 e. The number of benzene rings is 2. The number of amides is 1. The number of carbonyl (C=O) groups is 1. The Labute approximate surface area is 246 Å². The molecule has 4 unspecified atom stereocenters. The van der Waals surface area contributed by atoms with E-state index in [-0.39, 0.29) is 18.1 Å². The van der Waals surface area contributed by atoms with Gasteiger partial charge in [-0.05, 0) is 86.0 Å².